The predicted molar refractivity (Wildman–Crippen MR) is 147 cm³/mol. The molecule has 0 bridgehead atoms. The number of rotatable bonds is 24. The van der Waals surface area contributed by atoms with Crippen LogP contribution in [0.4, 0.5) is 0 Å². The largest absolute Gasteiger partial charge is 0.394 e. The third-order valence-corrected chi connectivity index (χ3v) is 6.10. The number of carbonyl (C=O) groups is 1. The van der Waals surface area contributed by atoms with Crippen molar-refractivity contribution >= 4 is 5.91 Å². The Kier molecular flexibility index (Phi) is 25.1. The van der Waals surface area contributed by atoms with E-state index in [0.29, 0.717) is 6.42 Å². The van der Waals surface area contributed by atoms with Crippen molar-refractivity contribution in [3.8, 4) is 0 Å². The molecule has 0 aromatic carbocycles. The Labute approximate surface area is 211 Å². The van der Waals surface area contributed by atoms with Crippen LogP contribution in [0.25, 0.3) is 0 Å². The second-order valence-electron chi connectivity index (χ2n) is 9.45. The van der Waals surface area contributed by atoms with E-state index in [1.54, 1.807) is 6.08 Å². The summed E-state index contributed by atoms with van der Waals surface area (Å²) in [5.74, 6) is -0.0905. The average molecular weight is 478 g/mol. The van der Waals surface area contributed by atoms with Crippen LogP contribution in [0.2, 0.25) is 0 Å². The Morgan fingerprint density at radius 1 is 0.676 bits per heavy atom. The van der Waals surface area contributed by atoms with Crippen LogP contribution in [0.5, 0.6) is 0 Å². The molecule has 0 saturated heterocycles. The number of aliphatic hydroxyl groups is 2. The molecular weight excluding hydrogens is 422 g/mol. The van der Waals surface area contributed by atoms with Gasteiger partial charge in [-0.3, -0.25) is 4.79 Å². The molecule has 34 heavy (non-hydrogen) atoms. The molecule has 0 aliphatic carbocycles. The van der Waals surface area contributed by atoms with Gasteiger partial charge in [-0.25, -0.2) is 0 Å². The van der Waals surface area contributed by atoms with Crippen LogP contribution in [-0.2, 0) is 4.79 Å². The standard InChI is InChI=1S/C30H55NO3/c1-3-5-7-9-11-13-14-15-16-17-18-20-22-24-26-30(34)31-28(27-32)29(33)25-23-21-19-12-10-8-6-4-2/h10,12,14-15,23,25,28-29,32-33H,3-9,11,13,16-22,24,26-27H2,1-2H3,(H,31,34)/b12-10+,15-14-,25-23+. The number of amides is 1. The lowest BCUT2D eigenvalue weighted by molar-refractivity contribution is -0.123. The zero-order valence-electron chi connectivity index (χ0n) is 22.4. The third-order valence-electron chi connectivity index (χ3n) is 6.10. The summed E-state index contributed by atoms with van der Waals surface area (Å²) in [7, 11) is 0. The summed E-state index contributed by atoms with van der Waals surface area (Å²) in [4.78, 5) is 12.2. The van der Waals surface area contributed by atoms with Gasteiger partial charge in [0.2, 0.25) is 5.91 Å². The van der Waals surface area contributed by atoms with E-state index in [1.165, 1.54) is 64.2 Å². The zero-order valence-corrected chi connectivity index (χ0v) is 22.4. The van der Waals surface area contributed by atoms with E-state index in [4.69, 9.17) is 0 Å². The Balaban J connectivity index is 3.74. The van der Waals surface area contributed by atoms with E-state index < -0.39 is 12.1 Å². The summed E-state index contributed by atoms with van der Waals surface area (Å²) in [5, 5.41) is 22.6. The summed E-state index contributed by atoms with van der Waals surface area (Å²) >= 11 is 0. The van der Waals surface area contributed by atoms with Gasteiger partial charge in [0.05, 0.1) is 18.8 Å². The molecule has 0 fully saturated rings. The molecule has 0 spiro atoms. The summed E-state index contributed by atoms with van der Waals surface area (Å²) in [6.07, 6.45) is 32.2. The van der Waals surface area contributed by atoms with Crippen LogP contribution in [-0.4, -0.2) is 34.9 Å². The molecule has 4 nitrogen and oxygen atoms in total. The van der Waals surface area contributed by atoms with E-state index in [2.05, 4.69) is 43.5 Å². The van der Waals surface area contributed by atoms with E-state index in [9.17, 15) is 15.0 Å². The Morgan fingerprint density at radius 2 is 1.18 bits per heavy atom. The SMILES string of the molecule is CCCC/C=C/CC/C=C/C(O)C(CO)NC(=O)CCCCCCC/C=C\CCCCCCC. The van der Waals surface area contributed by atoms with E-state index in [-0.39, 0.29) is 12.5 Å². The van der Waals surface area contributed by atoms with Crippen molar-refractivity contribution in [3.63, 3.8) is 0 Å². The molecule has 0 heterocycles. The highest BCUT2D eigenvalue weighted by atomic mass is 16.3. The van der Waals surface area contributed by atoms with Gasteiger partial charge in [-0.1, -0.05) is 108 Å². The minimum atomic E-state index is -0.859. The molecule has 0 aliphatic heterocycles. The fourth-order valence-electron chi connectivity index (χ4n) is 3.82. The summed E-state index contributed by atoms with van der Waals surface area (Å²) in [6, 6.07) is -0.637. The fraction of sp³-hybridized carbons (Fsp3) is 0.767. The maximum atomic E-state index is 12.2. The molecule has 0 aromatic heterocycles. The second-order valence-corrected chi connectivity index (χ2v) is 9.45. The van der Waals surface area contributed by atoms with Gasteiger partial charge in [0.25, 0.3) is 0 Å². The molecule has 0 aliphatic rings. The first-order valence-electron chi connectivity index (χ1n) is 14.2. The van der Waals surface area contributed by atoms with E-state index in [0.717, 1.165) is 44.9 Å². The number of carbonyl (C=O) groups excluding carboxylic acids is 1. The molecule has 0 rings (SSSR count). The molecule has 0 radical (unpaired) electrons. The van der Waals surface area contributed by atoms with Crippen LogP contribution >= 0.6 is 0 Å². The molecule has 4 heteroatoms. The molecule has 0 aromatic rings. The number of hydrogen-bond donors (Lipinski definition) is 3. The predicted octanol–water partition coefficient (Wildman–Crippen LogP) is 7.55. The summed E-state index contributed by atoms with van der Waals surface area (Å²) in [5.41, 5.74) is 0. The van der Waals surface area contributed by atoms with Gasteiger partial charge in [0.15, 0.2) is 0 Å². The highest BCUT2D eigenvalue weighted by molar-refractivity contribution is 5.76. The van der Waals surface area contributed by atoms with Crippen molar-refractivity contribution in [2.24, 2.45) is 0 Å². The second kappa shape index (κ2) is 26.2. The van der Waals surface area contributed by atoms with Gasteiger partial charge >= 0.3 is 0 Å². The Hall–Kier alpha value is -1.39. The van der Waals surface area contributed by atoms with Gasteiger partial charge in [-0.05, 0) is 51.4 Å². The maximum Gasteiger partial charge on any atom is 0.220 e. The first kappa shape index (κ1) is 32.6. The van der Waals surface area contributed by atoms with Gasteiger partial charge in [-0.15, -0.1) is 0 Å². The topological polar surface area (TPSA) is 69.6 Å². The van der Waals surface area contributed by atoms with Crippen LogP contribution in [0.3, 0.4) is 0 Å². The normalized spacial score (nSPS) is 13.9. The Bertz CT molecular complexity index is 527. The monoisotopic (exact) mass is 477 g/mol. The van der Waals surface area contributed by atoms with Crippen molar-refractivity contribution in [2.45, 2.75) is 142 Å². The van der Waals surface area contributed by atoms with Crippen LogP contribution in [0.1, 0.15) is 129 Å². The van der Waals surface area contributed by atoms with Crippen LogP contribution < -0.4 is 5.32 Å². The quantitative estimate of drug-likeness (QED) is 0.0992. The molecule has 2 atom stereocenters. The molecule has 2 unspecified atom stereocenters. The molecule has 198 valence electrons. The van der Waals surface area contributed by atoms with Gasteiger partial charge < -0.3 is 15.5 Å². The van der Waals surface area contributed by atoms with Crippen molar-refractivity contribution in [1.29, 1.82) is 0 Å². The van der Waals surface area contributed by atoms with Crippen molar-refractivity contribution in [1.82, 2.24) is 5.32 Å². The number of allylic oxidation sites excluding steroid dienone is 5. The molecular formula is C30H55NO3. The lowest BCUT2D eigenvalue weighted by Gasteiger charge is -2.19. The minimum Gasteiger partial charge on any atom is -0.394 e. The van der Waals surface area contributed by atoms with Gasteiger partial charge in [0.1, 0.15) is 0 Å². The highest BCUT2D eigenvalue weighted by Gasteiger charge is 2.17. The number of aliphatic hydroxyl groups excluding tert-OH is 2. The molecule has 0 saturated carbocycles. The van der Waals surface area contributed by atoms with Crippen LogP contribution in [0.15, 0.2) is 36.5 Å². The first-order valence-corrected chi connectivity index (χ1v) is 14.2. The smallest absolute Gasteiger partial charge is 0.220 e. The maximum absolute atomic E-state index is 12.2. The number of hydrogen-bond acceptors (Lipinski definition) is 3. The highest BCUT2D eigenvalue weighted by Crippen LogP contribution is 2.10. The van der Waals surface area contributed by atoms with Gasteiger partial charge in [0, 0.05) is 6.42 Å². The van der Waals surface area contributed by atoms with Gasteiger partial charge in [-0.2, -0.15) is 0 Å². The summed E-state index contributed by atoms with van der Waals surface area (Å²) < 4.78 is 0. The van der Waals surface area contributed by atoms with Crippen molar-refractivity contribution in [2.75, 3.05) is 6.61 Å². The Morgan fingerprint density at radius 3 is 1.79 bits per heavy atom. The van der Waals surface area contributed by atoms with Crippen molar-refractivity contribution in [3.05, 3.63) is 36.5 Å². The zero-order chi connectivity index (χ0) is 25.1. The lowest BCUT2D eigenvalue weighted by Crippen LogP contribution is -2.45. The van der Waals surface area contributed by atoms with Crippen LogP contribution in [0, 0.1) is 0 Å². The molecule has 3 N–H and O–H groups in total. The fourth-order valence-corrected chi connectivity index (χ4v) is 3.82. The molecule has 1 amide bonds. The number of unbranched alkanes of at least 4 members (excludes halogenated alkanes) is 13. The average Bonchev–Trinajstić information content (AvgIpc) is 2.84. The third kappa shape index (κ3) is 22.4. The number of nitrogens with one attached hydrogen (secondary N) is 1. The van der Waals surface area contributed by atoms with E-state index >= 15 is 0 Å². The van der Waals surface area contributed by atoms with Crippen molar-refractivity contribution < 1.29 is 15.0 Å². The van der Waals surface area contributed by atoms with E-state index in [1.807, 2.05) is 6.08 Å². The first-order chi connectivity index (χ1) is 16.7. The summed E-state index contributed by atoms with van der Waals surface area (Å²) in [6.45, 7) is 4.18. The minimum absolute atomic E-state index is 0.0905. The lowest BCUT2D eigenvalue weighted by atomic mass is 10.1.